The van der Waals surface area contributed by atoms with Crippen LogP contribution in [0.2, 0.25) is 0 Å². The van der Waals surface area contributed by atoms with Gasteiger partial charge in [0.05, 0.1) is 23.0 Å². The van der Waals surface area contributed by atoms with Crippen molar-refractivity contribution >= 4 is 15.9 Å². The van der Waals surface area contributed by atoms with Gasteiger partial charge in [0.25, 0.3) is 0 Å². The Labute approximate surface area is 115 Å². The van der Waals surface area contributed by atoms with E-state index >= 15 is 0 Å². The molecule has 0 bridgehead atoms. The second kappa shape index (κ2) is 5.54. The molecule has 1 aromatic heterocycles. The maximum Gasteiger partial charge on any atom is 0.133 e. The number of rotatable bonds is 4. The van der Waals surface area contributed by atoms with Crippen LogP contribution < -0.4 is 10.1 Å². The van der Waals surface area contributed by atoms with E-state index in [1.807, 2.05) is 32.2 Å². The van der Waals surface area contributed by atoms with Gasteiger partial charge in [-0.15, -0.1) is 0 Å². The zero-order valence-electron chi connectivity index (χ0n) is 10.7. The van der Waals surface area contributed by atoms with Gasteiger partial charge >= 0.3 is 0 Å². The number of imidazole rings is 1. The molecule has 0 atom stereocenters. The molecule has 0 fully saturated rings. The fraction of sp³-hybridized carbons (Fsp3) is 0.308. The maximum absolute atomic E-state index is 5.23. The Morgan fingerprint density at radius 1 is 1.44 bits per heavy atom. The van der Waals surface area contributed by atoms with Gasteiger partial charge in [0.15, 0.2) is 0 Å². The standard InChI is InChI=1S/C13H16BrN3O/c1-8-16-11(7-15-2)13(17-8)9-4-5-12(18-3)10(14)6-9/h4-6,15H,7H2,1-3H3,(H,16,17). The number of nitrogens with one attached hydrogen (secondary N) is 2. The molecule has 96 valence electrons. The molecule has 1 heterocycles. The first-order valence-electron chi connectivity index (χ1n) is 5.69. The fourth-order valence-electron chi connectivity index (χ4n) is 1.90. The summed E-state index contributed by atoms with van der Waals surface area (Å²) in [5, 5.41) is 3.14. The number of aromatic amines is 1. The van der Waals surface area contributed by atoms with Crippen molar-refractivity contribution in [3.8, 4) is 17.0 Å². The topological polar surface area (TPSA) is 49.9 Å². The Morgan fingerprint density at radius 3 is 2.83 bits per heavy atom. The van der Waals surface area contributed by atoms with Crippen LogP contribution in [0, 0.1) is 6.92 Å². The average Bonchev–Trinajstić information content (AvgIpc) is 2.71. The molecular formula is C13H16BrN3O. The van der Waals surface area contributed by atoms with E-state index in [1.54, 1.807) is 7.11 Å². The monoisotopic (exact) mass is 309 g/mol. The number of aryl methyl sites for hydroxylation is 1. The van der Waals surface area contributed by atoms with E-state index in [1.165, 1.54) is 0 Å². The highest BCUT2D eigenvalue weighted by Gasteiger charge is 2.11. The molecule has 0 unspecified atom stereocenters. The Bertz CT molecular complexity index is 551. The predicted octanol–water partition coefficient (Wildman–Crippen LogP) is 2.88. The first-order chi connectivity index (χ1) is 8.65. The number of aromatic nitrogens is 2. The van der Waals surface area contributed by atoms with Gasteiger partial charge in [-0.1, -0.05) is 0 Å². The van der Waals surface area contributed by atoms with Gasteiger partial charge < -0.3 is 15.0 Å². The molecule has 0 saturated heterocycles. The van der Waals surface area contributed by atoms with E-state index in [-0.39, 0.29) is 0 Å². The minimum Gasteiger partial charge on any atom is -0.496 e. The van der Waals surface area contributed by atoms with Crippen LogP contribution in [0.3, 0.4) is 0 Å². The van der Waals surface area contributed by atoms with Gasteiger partial charge in [-0.3, -0.25) is 0 Å². The van der Waals surface area contributed by atoms with E-state index in [2.05, 4.69) is 31.2 Å². The van der Waals surface area contributed by atoms with Crippen molar-refractivity contribution in [3.05, 3.63) is 34.2 Å². The second-order valence-corrected chi connectivity index (χ2v) is 4.88. The summed E-state index contributed by atoms with van der Waals surface area (Å²) < 4.78 is 6.16. The maximum atomic E-state index is 5.23. The lowest BCUT2D eigenvalue weighted by molar-refractivity contribution is 0.412. The highest BCUT2D eigenvalue weighted by Crippen LogP contribution is 2.31. The lowest BCUT2D eigenvalue weighted by Crippen LogP contribution is -2.06. The van der Waals surface area contributed by atoms with Crippen LogP contribution in [0.25, 0.3) is 11.3 Å². The van der Waals surface area contributed by atoms with Crippen LogP contribution in [-0.2, 0) is 6.54 Å². The number of methoxy groups -OCH3 is 1. The fourth-order valence-corrected chi connectivity index (χ4v) is 2.44. The Balaban J connectivity index is 2.44. The summed E-state index contributed by atoms with van der Waals surface area (Å²) in [5.41, 5.74) is 3.13. The SMILES string of the molecule is CNCc1[nH]c(C)nc1-c1ccc(OC)c(Br)c1. The summed E-state index contributed by atoms with van der Waals surface area (Å²) in [6, 6.07) is 5.97. The quantitative estimate of drug-likeness (QED) is 0.913. The third kappa shape index (κ3) is 2.57. The molecule has 2 N–H and O–H groups in total. The summed E-state index contributed by atoms with van der Waals surface area (Å²) >= 11 is 3.50. The Hall–Kier alpha value is -1.33. The Morgan fingerprint density at radius 2 is 2.22 bits per heavy atom. The van der Waals surface area contributed by atoms with E-state index in [0.717, 1.165) is 39.5 Å². The molecule has 1 aromatic carbocycles. The lowest BCUT2D eigenvalue weighted by Gasteiger charge is -2.06. The number of nitrogens with zero attached hydrogens (tertiary/aromatic N) is 1. The third-order valence-corrected chi connectivity index (χ3v) is 3.30. The van der Waals surface area contributed by atoms with E-state index < -0.39 is 0 Å². The summed E-state index contributed by atoms with van der Waals surface area (Å²) in [7, 11) is 3.58. The van der Waals surface area contributed by atoms with Crippen molar-refractivity contribution in [1.82, 2.24) is 15.3 Å². The molecule has 0 saturated carbocycles. The molecule has 0 aliphatic heterocycles. The lowest BCUT2D eigenvalue weighted by atomic mass is 10.1. The molecule has 5 heteroatoms. The number of benzene rings is 1. The molecule has 2 aromatic rings. The molecule has 0 aliphatic carbocycles. The van der Waals surface area contributed by atoms with Gasteiger partial charge in [-0.05, 0) is 48.1 Å². The smallest absolute Gasteiger partial charge is 0.133 e. The minimum absolute atomic E-state index is 0.764. The number of hydrogen-bond acceptors (Lipinski definition) is 3. The van der Waals surface area contributed by atoms with Crippen LogP contribution in [-0.4, -0.2) is 24.1 Å². The second-order valence-electron chi connectivity index (χ2n) is 4.03. The highest BCUT2D eigenvalue weighted by atomic mass is 79.9. The van der Waals surface area contributed by atoms with Crippen LogP contribution >= 0.6 is 15.9 Å². The van der Waals surface area contributed by atoms with Crippen LogP contribution in [0.1, 0.15) is 11.5 Å². The summed E-state index contributed by atoms with van der Waals surface area (Å²) in [5.74, 6) is 1.74. The molecule has 0 radical (unpaired) electrons. The minimum atomic E-state index is 0.764. The molecule has 0 aliphatic rings. The zero-order chi connectivity index (χ0) is 13.1. The van der Waals surface area contributed by atoms with Crippen LogP contribution in [0.4, 0.5) is 0 Å². The summed E-state index contributed by atoms with van der Waals surface area (Å²) in [6.45, 7) is 2.72. The van der Waals surface area contributed by atoms with Gasteiger partial charge in [0.1, 0.15) is 11.6 Å². The molecule has 4 nitrogen and oxygen atoms in total. The van der Waals surface area contributed by atoms with Gasteiger partial charge in [-0.2, -0.15) is 0 Å². The van der Waals surface area contributed by atoms with E-state index in [9.17, 15) is 0 Å². The van der Waals surface area contributed by atoms with Crippen LogP contribution in [0.15, 0.2) is 22.7 Å². The van der Waals surface area contributed by atoms with Crippen molar-refractivity contribution < 1.29 is 4.74 Å². The van der Waals surface area contributed by atoms with Gasteiger partial charge in [-0.25, -0.2) is 4.98 Å². The number of halogens is 1. The average molecular weight is 310 g/mol. The van der Waals surface area contributed by atoms with Crippen molar-refractivity contribution in [1.29, 1.82) is 0 Å². The third-order valence-electron chi connectivity index (χ3n) is 2.68. The molecule has 2 rings (SSSR count). The number of H-pyrrole nitrogens is 1. The van der Waals surface area contributed by atoms with Crippen molar-refractivity contribution in [3.63, 3.8) is 0 Å². The van der Waals surface area contributed by atoms with Crippen molar-refractivity contribution in [2.75, 3.05) is 14.2 Å². The zero-order valence-corrected chi connectivity index (χ0v) is 12.3. The van der Waals surface area contributed by atoms with Crippen molar-refractivity contribution in [2.45, 2.75) is 13.5 Å². The normalized spacial score (nSPS) is 10.7. The van der Waals surface area contributed by atoms with E-state index in [0.29, 0.717) is 0 Å². The number of hydrogen-bond donors (Lipinski definition) is 2. The number of ether oxygens (including phenoxy) is 1. The molecular weight excluding hydrogens is 294 g/mol. The summed E-state index contributed by atoms with van der Waals surface area (Å²) in [4.78, 5) is 7.81. The molecule has 0 spiro atoms. The predicted molar refractivity (Wildman–Crippen MR) is 75.8 cm³/mol. The van der Waals surface area contributed by atoms with Crippen molar-refractivity contribution in [2.24, 2.45) is 0 Å². The first kappa shape index (κ1) is 13.1. The molecule has 18 heavy (non-hydrogen) atoms. The first-order valence-corrected chi connectivity index (χ1v) is 6.49. The van der Waals surface area contributed by atoms with Gasteiger partial charge in [0.2, 0.25) is 0 Å². The highest BCUT2D eigenvalue weighted by molar-refractivity contribution is 9.10. The Kier molecular flexibility index (Phi) is 4.04. The summed E-state index contributed by atoms with van der Waals surface area (Å²) in [6.07, 6.45) is 0. The molecule has 0 amide bonds. The van der Waals surface area contributed by atoms with E-state index in [4.69, 9.17) is 4.74 Å². The largest absolute Gasteiger partial charge is 0.496 e. The van der Waals surface area contributed by atoms with Gasteiger partial charge in [0, 0.05) is 12.1 Å². The van der Waals surface area contributed by atoms with Crippen LogP contribution in [0.5, 0.6) is 5.75 Å².